The fourth-order valence-corrected chi connectivity index (χ4v) is 3.15. The van der Waals surface area contributed by atoms with E-state index in [1.54, 1.807) is 11.8 Å². The van der Waals surface area contributed by atoms with E-state index in [1.807, 2.05) is 24.1 Å². The second-order valence-corrected chi connectivity index (χ2v) is 5.46. The number of hydrogen-bond donors (Lipinski definition) is 2. The molecule has 0 spiro atoms. The minimum Gasteiger partial charge on any atom is -0.382 e. The molecule has 0 fully saturated rings. The van der Waals surface area contributed by atoms with Crippen LogP contribution in [0.1, 0.15) is 0 Å². The van der Waals surface area contributed by atoms with Crippen molar-refractivity contribution in [1.82, 2.24) is 4.37 Å². The van der Waals surface area contributed by atoms with Crippen LogP contribution in [0, 0.1) is 0 Å². The summed E-state index contributed by atoms with van der Waals surface area (Å²) in [6.07, 6.45) is 3.93. The normalized spacial score (nSPS) is 10.2. The van der Waals surface area contributed by atoms with E-state index in [0.717, 1.165) is 27.9 Å². The van der Waals surface area contributed by atoms with E-state index < -0.39 is 0 Å². The van der Waals surface area contributed by atoms with Gasteiger partial charge in [-0.2, -0.15) is 16.1 Å². The van der Waals surface area contributed by atoms with E-state index in [0.29, 0.717) is 5.82 Å². The van der Waals surface area contributed by atoms with Gasteiger partial charge in [-0.15, -0.1) is 18.3 Å². The second-order valence-electron chi connectivity index (χ2n) is 2.72. The summed E-state index contributed by atoms with van der Waals surface area (Å²) in [5.41, 5.74) is 5.72. The van der Waals surface area contributed by atoms with Crippen LogP contribution in [-0.2, 0) is 0 Å². The number of aromatic nitrogens is 1. The van der Waals surface area contributed by atoms with Crippen LogP contribution in [0.5, 0.6) is 0 Å². The summed E-state index contributed by atoms with van der Waals surface area (Å²) < 4.78 is 4.12. The lowest BCUT2D eigenvalue weighted by molar-refractivity contribution is 1.23. The fourth-order valence-electron chi connectivity index (χ4n) is 1.01. The van der Waals surface area contributed by atoms with Gasteiger partial charge in [0, 0.05) is 18.1 Å². The first kappa shape index (κ1) is 12.7. The van der Waals surface area contributed by atoms with Gasteiger partial charge in [-0.25, -0.2) is 0 Å². The van der Waals surface area contributed by atoms with Crippen molar-refractivity contribution in [3.8, 4) is 0 Å². The maximum Gasteiger partial charge on any atom is 0.153 e. The molecule has 3 N–H and O–H groups in total. The van der Waals surface area contributed by atoms with Crippen LogP contribution in [0.25, 0.3) is 0 Å². The highest BCUT2D eigenvalue weighted by Gasteiger charge is 2.08. The van der Waals surface area contributed by atoms with Crippen molar-refractivity contribution in [1.29, 1.82) is 0 Å². The predicted molar refractivity (Wildman–Crippen MR) is 74.3 cm³/mol. The maximum absolute atomic E-state index is 5.72. The molecule has 1 heterocycles. The predicted octanol–water partition coefficient (Wildman–Crippen LogP) is 2.78. The van der Waals surface area contributed by atoms with Crippen LogP contribution in [0.2, 0.25) is 0 Å². The van der Waals surface area contributed by atoms with Gasteiger partial charge in [0.2, 0.25) is 0 Å². The van der Waals surface area contributed by atoms with Crippen molar-refractivity contribution >= 4 is 45.9 Å². The molecule has 0 saturated carbocycles. The highest BCUT2D eigenvalue weighted by Crippen LogP contribution is 2.34. The van der Waals surface area contributed by atoms with Gasteiger partial charge in [0.05, 0.1) is 4.90 Å². The van der Waals surface area contributed by atoms with Gasteiger partial charge in [-0.1, -0.05) is 6.08 Å². The molecule has 15 heavy (non-hydrogen) atoms. The van der Waals surface area contributed by atoms with Gasteiger partial charge in [0.1, 0.15) is 5.00 Å². The Bertz CT molecular complexity index is 312. The zero-order valence-corrected chi connectivity index (χ0v) is 11.1. The minimum absolute atomic E-state index is 0.633. The summed E-state index contributed by atoms with van der Waals surface area (Å²) in [4.78, 5) is 1.06. The lowest BCUT2D eigenvalue weighted by Crippen LogP contribution is -2.03. The molecule has 0 aliphatic carbocycles. The number of anilines is 2. The van der Waals surface area contributed by atoms with Crippen LogP contribution < -0.4 is 11.1 Å². The molecule has 0 aliphatic rings. The van der Waals surface area contributed by atoms with Gasteiger partial charge >= 0.3 is 0 Å². The number of thioether (sulfide) groups is 2. The van der Waals surface area contributed by atoms with Crippen LogP contribution in [0.15, 0.2) is 17.6 Å². The monoisotopic (exact) mass is 261 g/mol. The van der Waals surface area contributed by atoms with Crippen LogP contribution in [0.4, 0.5) is 10.8 Å². The molecular weight excluding hydrogens is 246 g/mol. The van der Waals surface area contributed by atoms with E-state index in [4.69, 9.17) is 5.73 Å². The SMILES string of the molecule is C=CCSCCNc1snc(N)c1SC. The zero-order chi connectivity index (χ0) is 11.1. The first-order valence-electron chi connectivity index (χ1n) is 4.51. The Kier molecular flexibility index (Phi) is 5.97. The number of nitrogens with zero attached hydrogens (tertiary/aromatic N) is 1. The van der Waals surface area contributed by atoms with E-state index in [-0.39, 0.29) is 0 Å². The summed E-state index contributed by atoms with van der Waals surface area (Å²) in [6.45, 7) is 4.62. The van der Waals surface area contributed by atoms with Crippen molar-refractivity contribution in [2.24, 2.45) is 0 Å². The summed E-state index contributed by atoms with van der Waals surface area (Å²) in [6, 6.07) is 0. The molecule has 0 unspecified atom stereocenters. The molecule has 1 aromatic rings. The lowest BCUT2D eigenvalue weighted by Gasteiger charge is -2.04. The average Bonchev–Trinajstić information content (AvgIpc) is 2.59. The maximum atomic E-state index is 5.72. The molecule has 0 amide bonds. The van der Waals surface area contributed by atoms with E-state index >= 15 is 0 Å². The quantitative estimate of drug-likeness (QED) is 0.449. The Morgan fingerprint density at radius 3 is 3.13 bits per heavy atom. The Morgan fingerprint density at radius 1 is 1.67 bits per heavy atom. The van der Waals surface area contributed by atoms with Crippen LogP contribution in [-0.4, -0.2) is 28.7 Å². The van der Waals surface area contributed by atoms with Gasteiger partial charge in [0.15, 0.2) is 5.82 Å². The van der Waals surface area contributed by atoms with Crippen LogP contribution in [0.3, 0.4) is 0 Å². The van der Waals surface area contributed by atoms with Crippen molar-refractivity contribution in [2.45, 2.75) is 4.90 Å². The highest BCUT2D eigenvalue weighted by atomic mass is 32.2. The molecular formula is C9H15N3S3. The summed E-state index contributed by atoms with van der Waals surface area (Å²) in [5, 5.41) is 4.43. The van der Waals surface area contributed by atoms with Crippen molar-refractivity contribution < 1.29 is 0 Å². The topological polar surface area (TPSA) is 50.9 Å². The summed E-state index contributed by atoms with van der Waals surface area (Å²) in [5.74, 6) is 2.70. The summed E-state index contributed by atoms with van der Waals surface area (Å²) in [7, 11) is 0. The van der Waals surface area contributed by atoms with E-state index in [1.165, 1.54) is 11.5 Å². The fraction of sp³-hybridized carbons (Fsp3) is 0.444. The standard InChI is InChI=1S/C9H15N3S3/c1-3-5-14-6-4-11-9-7(13-2)8(10)12-15-9/h3,11H,1,4-6H2,2H3,(H2,10,12). The molecule has 0 atom stereocenters. The first-order valence-corrected chi connectivity index (χ1v) is 7.66. The Hall–Kier alpha value is -0.330. The van der Waals surface area contributed by atoms with E-state index in [9.17, 15) is 0 Å². The average molecular weight is 261 g/mol. The Balaban J connectivity index is 2.33. The molecule has 1 aromatic heterocycles. The molecule has 0 radical (unpaired) electrons. The largest absolute Gasteiger partial charge is 0.382 e. The minimum atomic E-state index is 0.633. The lowest BCUT2D eigenvalue weighted by atomic mass is 10.6. The van der Waals surface area contributed by atoms with Gasteiger partial charge in [-0.05, 0) is 17.8 Å². The van der Waals surface area contributed by atoms with Gasteiger partial charge in [-0.3, -0.25) is 0 Å². The van der Waals surface area contributed by atoms with E-state index in [2.05, 4.69) is 16.3 Å². The molecule has 84 valence electrons. The molecule has 0 aliphatic heterocycles. The summed E-state index contributed by atoms with van der Waals surface area (Å²) >= 11 is 4.92. The molecule has 0 aromatic carbocycles. The smallest absolute Gasteiger partial charge is 0.153 e. The van der Waals surface area contributed by atoms with Gasteiger partial charge in [0.25, 0.3) is 0 Å². The molecule has 0 bridgehead atoms. The Morgan fingerprint density at radius 2 is 2.47 bits per heavy atom. The van der Waals surface area contributed by atoms with Crippen molar-refractivity contribution in [2.75, 3.05) is 35.4 Å². The third-order valence-electron chi connectivity index (χ3n) is 1.65. The molecule has 0 saturated heterocycles. The number of nitrogens with one attached hydrogen (secondary N) is 1. The highest BCUT2D eigenvalue weighted by molar-refractivity contribution is 7.99. The third kappa shape index (κ3) is 3.96. The molecule has 6 heteroatoms. The van der Waals surface area contributed by atoms with Crippen LogP contribution >= 0.6 is 35.1 Å². The third-order valence-corrected chi connectivity index (χ3v) is 4.38. The first-order chi connectivity index (χ1) is 7.29. The number of nitrogens with two attached hydrogens (primary N) is 1. The second kappa shape index (κ2) is 7.03. The number of rotatable bonds is 7. The van der Waals surface area contributed by atoms with Gasteiger partial charge < -0.3 is 11.1 Å². The number of hydrogen-bond acceptors (Lipinski definition) is 6. The van der Waals surface area contributed by atoms with Crippen molar-refractivity contribution in [3.05, 3.63) is 12.7 Å². The van der Waals surface area contributed by atoms with Crippen molar-refractivity contribution in [3.63, 3.8) is 0 Å². The Labute approximate surface area is 103 Å². The zero-order valence-electron chi connectivity index (χ0n) is 8.66. The molecule has 3 nitrogen and oxygen atoms in total. The number of nitrogen functional groups attached to an aromatic ring is 1. The molecule has 1 rings (SSSR count).